The topological polar surface area (TPSA) is 123 Å². The minimum Gasteiger partial charge on any atom is -0.487 e. The van der Waals surface area contributed by atoms with Crippen LogP contribution in [-0.2, 0) is 4.79 Å². The van der Waals surface area contributed by atoms with Crippen LogP contribution in [0.3, 0.4) is 0 Å². The number of hydrogen-bond acceptors (Lipinski definition) is 6. The Morgan fingerprint density at radius 2 is 1.69 bits per heavy atom. The van der Waals surface area contributed by atoms with E-state index in [0.29, 0.717) is 17.8 Å². The first-order chi connectivity index (χ1) is 13.8. The van der Waals surface area contributed by atoms with E-state index in [1.165, 1.54) is 18.2 Å². The molecule has 0 heterocycles. The van der Waals surface area contributed by atoms with Crippen LogP contribution in [0.15, 0.2) is 42.5 Å². The van der Waals surface area contributed by atoms with Crippen LogP contribution in [0.2, 0.25) is 0 Å². The summed E-state index contributed by atoms with van der Waals surface area (Å²) in [6.45, 7) is 3.71. The molecule has 0 aliphatic carbocycles. The molecule has 10 heteroatoms. The molecule has 2 aromatic rings. The normalized spacial score (nSPS) is 10.0. The average molecular weight is 416 g/mol. The SMILES string of the molecule is CCOc1ccc(C(=O)Nc2ccc(NC(=S)NC(=O)CC)cc2)cc1[N+](=O)[O-]. The van der Waals surface area contributed by atoms with Crippen molar-refractivity contribution in [3.8, 4) is 5.75 Å². The number of nitrogens with zero attached hydrogens (tertiary/aromatic N) is 1. The van der Waals surface area contributed by atoms with Gasteiger partial charge in [-0.2, -0.15) is 0 Å². The molecule has 0 atom stereocenters. The van der Waals surface area contributed by atoms with Crippen LogP contribution in [0.25, 0.3) is 0 Å². The van der Waals surface area contributed by atoms with Gasteiger partial charge in [-0.15, -0.1) is 0 Å². The van der Waals surface area contributed by atoms with Gasteiger partial charge in [0, 0.05) is 29.4 Å². The van der Waals surface area contributed by atoms with Crippen molar-refractivity contribution >= 4 is 46.2 Å². The van der Waals surface area contributed by atoms with Gasteiger partial charge in [0.05, 0.1) is 11.5 Å². The maximum atomic E-state index is 12.4. The van der Waals surface area contributed by atoms with Crippen molar-refractivity contribution in [2.24, 2.45) is 0 Å². The predicted molar refractivity (Wildman–Crippen MR) is 113 cm³/mol. The van der Waals surface area contributed by atoms with E-state index in [1.807, 2.05) is 0 Å². The molecule has 0 bridgehead atoms. The van der Waals surface area contributed by atoms with Gasteiger partial charge in [0.1, 0.15) is 0 Å². The molecule has 9 nitrogen and oxygen atoms in total. The van der Waals surface area contributed by atoms with E-state index in [9.17, 15) is 19.7 Å². The van der Waals surface area contributed by atoms with E-state index in [1.54, 1.807) is 38.1 Å². The molecular formula is C19H20N4O5S. The lowest BCUT2D eigenvalue weighted by atomic mass is 10.1. The Bertz CT molecular complexity index is 931. The van der Waals surface area contributed by atoms with E-state index in [0.717, 1.165) is 0 Å². The van der Waals surface area contributed by atoms with Gasteiger partial charge in [-0.1, -0.05) is 6.92 Å². The Labute approximate surface area is 172 Å². The number of carbonyl (C=O) groups is 2. The molecule has 0 spiro atoms. The summed E-state index contributed by atoms with van der Waals surface area (Å²) in [5.41, 5.74) is 0.967. The monoisotopic (exact) mass is 416 g/mol. The van der Waals surface area contributed by atoms with Crippen LogP contribution in [-0.4, -0.2) is 28.5 Å². The van der Waals surface area contributed by atoms with Crippen molar-refractivity contribution in [1.82, 2.24) is 5.32 Å². The number of thiocarbonyl (C=S) groups is 1. The molecule has 0 radical (unpaired) electrons. The van der Waals surface area contributed by atoms with Gasteiger partial charge in [0.15, 0.2) is 10.9 Å². The van der Waals surface area contributed by atoms with Crippen LogP contribution in [0.4, 0.5) is 17.1 Å². The van der Waals surface area contributed by atoms with Crippen molar-refractivity contribution < 1.29 is 19.2 Å². The number of carbonyl (C=O) groups excluding carboxylic acids is 2. The zero-order valence-corrected chi connectivity index (χ0v) is 16.7. The lowest BCUT2D eigenvalue weighted by Crippen LogP contribution is -2.33. The molecule has 0 aromatic heterocycles. The number of hydrogen-bond donors (Lipinski definition) is 3. The Balaban J connectivity index is 2.05. The third-order valence-corrected chi connectivity index (χ3v) is 3.90. The van der Waals surface area contributed by atoms with E-state index >= 15 is 0 Å². The Morgan fingerprint density at radius 1 is 1.07 bits per heavy atom. The van der Waals surface area contributed by atoms with Crippen molar-refractivity contribution in [2.45, 2.75) is 20.3 Å². The second-order valence-corrected chi connectivity index (χ2v) is 6.17. The largest absolute Gasteiger partial charge is 0.487 e. The van der Waals surface area contributed by atoms with Gasteiger partial charge in [-0.3, -0.25) is 19.7 Å². The first-order valence-corrected chi connectivity index (χ1v) is 9.18. The summed E-state index contributed by atoms with van der Waals surface area (Å²) in [7, 11) is 0. The Hall–Kier alpha value is -3.53. The first-order valence-electron chi connectivity index (χ1n) is 8.77. The third-order valence-electron chi connectivity index (χ3n) is 3.69. The molecule has 0 fully saturated rings. The van der Waals surface area contributed by atoms with Gasteiger partial charge in [0.2, 0.25) is 5.91 Å². The highest BCUT2D eigenvalue weighted by molar-refractivity contribution is 7.80. The molecule has 29 heavy (non-hydrogen) atoms. The highest BCUT2D eigenvalue weighted by Gasteiger charge is 2.18. The lowest BCUT2D eigenvalue weighted by Gasteiger charge is -2.10. The fraction of sp³-hybridized carbons (Fsp3) is 0.211. The maximum Gasteiger partial charge on any atom is 0.311 e. The summed E-state index contributed by atoms with van der Waals surface area (Å²) >= 11 is 5.03. The van der Waals surface area contributed by atoms with Crippen molar-refractivity contribution in [3.63, 3.8) is 0 Å². The third kappa shape index (κ3) is 6.25. The molecule has 152 valence electrons. The number of ether oxygens (including phenoxy) is 1. The molecule has 3 N–H and O–H groups in total. The van der Waals surface area contributed by atoms with E-state index in [-0.39, 0.29) is 34.6 Å². The molecule has 2 rings (SSSR count). The van der Waals surface area contributed by atoms with Crippen LogP contribution in [0.1, 0.15) is 30.6 Å². The van der Waals surface area contributed by atoms with Gasteiger partial charge >= 0.3 is 5.69 Å². The summed E-state index contributed by atoms with van der Waals surface area (Å²) in [6, 6.07) is 10.6. The minimum atomic E-state index is -0.595. The van der Waals surface area contributed by atoms with Gasteiger partial charge in [0.25, 0.3) is 5.91 Å². The second-order valence-electron chi connectivity index (χ2n) is 5.76. The minimum absolute atomic E-state index is 0.107. The second kappa shape index (κ2) is 10.1. The van der Waals surface area contributed by atoms with Crippen molar-refractivity contribution in [1.29, 1.82) is 0 Å². The molecule has 0 aliphatic heterocycles. The smallest absolute Gasteiger partial charge is 0.311 e. The zero-order valence-electron chi connectivity index (χ0n) is 15.9. The number of nitro benzene ring substituents is 1. The molecular weight excluding hydrogens is 396 g/mol. The molecule has 0 unspecified atom stereocenters. The molecule has 0 aliphatic rings. The summed E-state index contributed by atoms with van der Waals surface area (Å²) in [5.74, 6) is -0.589. The molecule has 0 saturated heterocycles. The molecule has 0 saturated carbocycles. The average Bonchev–Trinajstić information content (AvgIpc) is 2.69. The summed E-state index contributed by atoms with van der Waals surface area (Å²) in [5, 5.41) is 19.4. The number of nitrogens with one attached hydrogen (secondary N) is 3. The lowest BCUT2D eigenvalue weighted by molar-refractivity contribution is -0.385. The maximum absolute atomic E-state index is 12.4. The Kier molecular flexibility index (Phi) is 7.61. The van der Waals surface area contributed by atoms with Crippen LogP contribution < -0.4 is 20.7 Å². The quantitative estimate of drug-likeness (QED) is 0.359. The highest BCUT2D eigenvalue weighted by atomic mass is 32.1. The highest BCUT2D eigenvalue weighted by Crippen LogP contribution is 2.28. The number of rotatable bonds is 7. The van der Waals surface area contributed by atoms with Crippen LogP contribution in [0, 0.1) is 10.1 Å². The van der Waals surface area contributed by atoms with Gasteiger partial charge < -0.3 is 20.7 Å². The number of nitro groups is 1. The van der Waals surface area contributed by atoms with Crippen molar-refractivity contribution in [2.75, 3.05) is 17.2 Å². The summed E-state index contributed by atoms with van der Waals surface area (Å²) in [4.78, 5) is 34.3. The van der Waals surface area contributed by atoms with Crippen LogP contribution >= 0.6 is 12.2 Å². The zero-order chi connectivity index (χ0) is 21.4. The number of benzene rings is 2. The number of amides is 2. The predicted octanol–water partition coefficient (Wildman–Crippen LogP) is 3.47. The number of anilines is 2. The van der Waals surface area contributed by atoms with Gasteiger partial charge in [-0.05, 0) is 55.5 Å². The fourth-order valence-electron chi connectivity index (χ4n) is 2.30. The van der Waals surface area contributed by atoms with Gasteiger partial charge in [-0.25, -0.2) is 0 Å². The summed E-state index contributed by atoms with van der Waals surface area (Å²) in [6.07, 6.45) is 0.316. The molecule has 2 amide bonds. The van der Waals surface area contributed by atoms with Crippen LogP contribution in [0.5, 0.6) is 5.75 Å². The Morgan fingerprint density at radius 3 is 2.24 bits per heavy atom. The molecule has 2 aromatic carbocycles. The van der Waals surface area contributed by atoms with E-state index < -0.39 is 10.8 Å². The fourth-order valence-corrected chi connectivity index (χ4v) is 2.53. The van der Waals surface area contributed by atoms with E-state index in [2.05, 4.69) is 16.0 Å². The summed E-state index contributed by atoms with van der Waals surface area (Å²) < 4.78 is 5.21. The first kappa shape index (κ1) is 21.8. The van der Waals surface area contributed by atoms with E-state index in [4.69, 9.17) is 17.0 Å². The van der Waals surface area contributed by atoms with Crippen molar-refractivity contribution in [3.05, 3.63) is 58.1 Å². The standard InChI is InChI=1S/C19H20N4O5S/c1-3-17(24)22-19(29)21-14-8-6-13(7-9-14)20-18(25)12-5-10-16(28-4-2)15(11-12)23(26)27/h5-11H,3-4H2,1-2H3,(H,20,25)(H2,21,22,24,29).